The maximum Gasteiger partial charge on any atom is 0.223 e. The first-order valence-electron chi connectivity index (χ1n) is 7.71. The molecule has 0 aliphatic carbocycles. The van der Waals surface area contributed by atoms with Crippen molar-refractivity contribution >= 4 is 5.91 Å². The van der Waals surface area contributed by atoms with Crippen LogP contribution in [0.25, 0.3) is 11.1 Å². The van der Waals surface area contributed by atoms with Crippen LogP contribution in [0.4, 0.5) is 0 Å². The predicted octanol–water partition coefficient (Wildman–Crippen LogP) is 4.08. The first kappa shape index (κ1) is 13.9. The molecule has 1 unspecified atom stereocenters. The number of nitrogens with zero attached hydrogens (tertiary/aromatic N) is 1. The van der Waals surface area contributed by atoms with Crippen LogP contribution in [0.2, 0.25) is 0 Å². The Kier molecular flexibility index (Phi) is 4.05. The molecule has 1 amide bonds. The smallest absolute Gasteiger partial charge is 0.223 e. The van der Waals surface area contributed by atoms with Crippen LogP contribution in [-0.4, -0.2) is 23.9 Å². The van der Waals surface area contributed by atoms with Crippen LogP contribution >= 0.6 is 0 Å². The molecular formula is C19H21NO. The van der Waals surface area contributed by atoms with E-state index in [2.05, 4.69) is 48.5 Å². The molecule has 1 atom stereocenters. The molecule has 0 N–H and O–H groups in total. The first-order valence-corrected chi connectivity index (χ1v) is 7.71. The highest BCUT2D eigenvalue weighted by molar-refractivity contribution is 5.78. The molecule has 0 spiro atoms. The van der Waals surface area contributed by atoms with Crippen molar-refractivity contribution < 1.29 is 4.79 Å². The molecule has 2 heteroatoms. The van der Waals surface area contributed by atoms with E-state index in [1.165, 1.54) is 16.7 Å². The Morgan fingerprint density at radius 1 is 1.00 bits per heavy atom. The Hall–Kier alpha value is -2.09. The van der Waals surface area contributed by atoms with Gasteiger partial charge in [-0.1, -0.05) is 54.6 Å². The summed E-state index contributed by atoms with van der Waals surface area (Å²) in [6.45, 7) is 3.77. The van der Waals surface area contributed by atoms with Crippen LogP contribution in [0.5, 0.6) is 0 Å². The Labute approximate surface area is 126 Å². The van der Waals surface area contributed by atoms with Gasteiger partial charge in [-0.05, 0) is 36.0 Å². The summed E-state index contributed by atoms with van der Waals surface area (Å²) in [5.74, 6) is 0.672. The molecule has 1 heterocycles. The van der Waals surface area contributed by atoms with Gasteiger partial charge in [-0.3, -0.25) is 4.79 Å². The third-order valence-electron chi connectivity index (χ3n) is 4.39. The lowest BCUT2D eigenvalue weighted by molar-refractivity contribution is -0.133. The number of amides is 1. The molecule has 0 saturated carbocycles. The zero-order valence-electron chi connectivity index (χ0n) is 12.5. The van der Waals surface area contributed by atoms with Crippen molar-refractivity contribution in [1.29, 1.82) is 0 Å². The minimum atomic E-state index is 0.292. The third kappa shape index (κ3) is 2.99. The summed E-state index contributed by atoms with van der Waals surface area (Å²) in [4.78, 5) is 14.0. The second-order valence-electron chi connectivity index (χ2n) is 5.65. The predicted molar refractivity (Wildman–Crippen MR) is 86.1 cm³/mol. The van der Waals surface area contributed by atoms with Gasteiger partial charge < -0.3 is 4.90 Å². The van der Waals surface area contributed by atoms with E-state index in [9.17, 15) is 4.79 Å². The fourth-order valence-corrected chi connectivity index (χ4v) is 3.08. The molecule has 2 aromatic rings. The van der Waals surface area contributed by atoms with E-state index in [1.54, 1.807) is 0 Å². The quantitative estimate of drug-likeness (QED) is 0.829. The van der Waals surface area contributed by atoms with Crippen molar-refractivity contribution in [2.24, 2.45) is 0 Å². The second kappa shape index (κ2) is 6.13. The van der Waals surface area contributed by atoms with E-state index in [0.29, 0.717) is 18.2 Å². The summed E-state index contributed by atoms with van der Waals surface area (Å²) in [6, 6.07) is 19.1. The van der Waals surface area contributed by atoms with Gasteiger partial charge in [0.1, 0.15) is 0 Å². The molecule has 1 fully saturated rings. The summed E-state index contributed by atoms with van der Waals surface area (Å²) in [5.41, 5.74) is 3.76. The molecule has 3 rings (SSSR count). The lowest BCUT2D eigenvalue weighted by Crippen LogP contribution is -2.37. The maximum atomic E-state index is 12.0. The Balaban J connectivity index is 1.75. The largest absolute Gasteiger partial charge is 0.343 e. The highest BCUT2D eigenvalue weighted by Crippen LogP contribution is 2.30. The van der Waals surface area contributed by atoms with E-state index in [1.807, 2.05) is 17.9 Å². The molecule has 0 radical (unpaired) electrons. The molecule has 21 heavy (non-hydrogen) atoms. The van der Waals surface area contributed by atoms with E-state index >= 15 is 0 Å². The SMILES string of the molecule is CCN1CCC(c2ccc(-c3ccccc3)cc2)CC1=O. The Morgan fingerprint density at radius 3 is 2.29 bits per heavy atom. The zero-order chi connectivity index (χ0) is 14.7. The molecule has 1 aliphatic heterocycles. The number of carbonyl (C=O) groups excluding carboxylic acids is 1. The van der Waals surface area contributed by atoms with Crippen LogP contribution in [0.15, 0.2) is 54.6 Å². The Morgan fingerprint density at radius 2 is 1.67 bits per heavy atom. The van der Waals surface area contributed by atoms with Gasteiger partial charge in [-0.2, -0.15) is 0 Å². The Bertz CT molecular complexity index is 603. The molecule has 108 valence electrons. The summed E-state index contributed by atoms with van der Waals surface area (Å²) >= 11 is 0. The van der Waals surface area contributed by atoms with Crippen molar-refractivity contribution in [1.82, 2.24) is 4.90 Å². The standard InChI is InChI=1S/C19H21NO/c1-2-20-13-12-18(14-19(20)21)17-10-8-16(9-11-17)15-6-4-3-5-7-15/h3-11,18H,2,12-14H2,1H3. The van der Waals surface area contributed by atoms with E-state index in [0.717, 1.165) is 19.5 Å². The van der Waals surface area contributed by atoms with Gasteiger partial charge >= 0.3 is 0 Å². The van der Waals surface area contributed by atoms with Gasteiger partial charge in [0.15, 0.2) is 0 Å². The highest BCUT2D eigenvalue weighted by Gasteiger charge is 2.25. The number of carbonyl (C=O) groups is 1. The summed E-state index contributed by atoms with van der Waals surface area (Å²) in [7, 11) is 0. The normalized spacial score (nSPS) is 18.8. The van der Waals surface area contributed by atoms with Crippen molar-refractivity contribution in [2.45, 2.75) is 25.7 Å². The number of rotatable bonds is 3. The first-order chi connectivity index (χ1) is 10.3. The van der Waals surface area contributed by atoms with Gasteiger partial charge in [0, 0.05) is 19.5 Å². The van der Waals surface area contributed by atoms with Crippen LogP contribution in [0.3, 0.4) is 0 Å². The van der Waals surface area contributed by atoms with Crippen molar-refractivity contribution in [2.75, 3.05) is 13.1 Å². The minimum absolute atomic E-state index is 0.292. The monoisotopic (exact) mass is 279 g/mol. The van der Waals surface area contributed by atoms with Crippen molar-refractivity contribution in [3.63, 3.8) is 0 Å². The molecular weight excluding hydrogens is 258 g/mol. The summed E-state index contributed by atoms with van der Waals surface area (Å²) in [6.07, 6.45) is 1.72. The molecule has 2 nitrogen and oxygen atoms in total. The van der Waals surface area contributed by atoms with Crippen molar-refractivity contribution in [3.05, 3.63) is 60.2 Å². The van der Waals surface area contributed by atoms with Crippen LogP contribution < -0.4 is 0 Å². The topological polar surface area (TPSA) is 20.3 Å². The minimum Gasteiger partial charge on any atom is -0.343 e. The van der Waals surface area contributed by atoms with Crippen LogP contribution in [0.1, 0.15) is 31.2 Å². The average Bonchev–Trinajstić information content (AvgIpc) is 2.56. The number of piperidine rings is 1. The zero-order valence-corrected chi connectivity index (χ0v) is 12.5. The summed E-state index contributed by atoms with van der Waals surface area (Å²) in [5, 5.41) is 0. The van der Waals surface area contributed by atoms with Crippen LogP contribution in [0, 0.1) is 0 Å². The molecule has 1 aliphatic rings. The van der Waals surface area contributed by atoms with E-state index < -0.39 is 0 Å². The van der Waals surface area contributed by atoms with Gasteiger partial charge in [-0.25, -0.2) is 0 Å². The fraction of sp³-hybridized carbons (Fsp3) is 0.316. The number of hydrogen-bond donors (Lipinski definition) is 0. The number of benzene rings is 2. The van der Waals surface area contributed by atoms with E-state index in [-0.39, 0.29) is 0 Å². The van der Waals surface area contributed by atoms with Crippen LogP contribution in [-0.2, 0) is 4.79 Å². The second-order valence-corrected chi connectivity index (χ2v) is 5.65. The lowest BCUT2D eigenvalue weighted by Gasteiger charge is -2.31. The molecule has 2 aromatic carbocycles. The molecule has 0 aromatic heterocycles. The average molecular weight is 279 g/mol. The van der Waals surface area contributed by atoms with Gasteiger partial charge in [0.25, 0.3) is 0 Å². The third-order valence-corrected chi connectivity index (χ3v) is 4.39. The maximum absolute atomic E-state index is 12.0. The number of likely N-dealkylation sites (tertiary alicyclic amines) is 1. The fourth-order valence-electron chi connectivity index (χ4n) is 3.08. The molecule has 1 saturated heterocycles. The lowest BCUT2D eigenvalue weighted by atomic mass is 9.88. The van der Waals surface area contributed by atoms with Crippen molar-refractivity contribution in [3.8, 4) is 11.1 Å². The summed E-state index contributed by atoms with van der Waals surface area (Å²) < 4.78 is 0. The highest BCUT2D eigenvalue weighted by atomic mass is 16.2. The number of hydrogen-bond acceptors (Lipinski definition) is 1. The van der Waals surface area contributed by atoms with Gasteiger partial charge in [0.05, 0.1) is 0 Å². The van der Waals surface area contributed by atoms with E-state index in [4.69, 9.17) is 0 Å². The van der Waals surface area contributed by atoms with Gasteiger partial charge in [-0.15, -0.1) is 0 Å². The van der Waals surface area contributed by atoms with Gasteiger partial charge in [0.2, 0.25) is 5.91 Å². The molecule has 0 bridgehead atoms.